The summed E-state index contributed by atoms with van der Waals surface area (Å²) in [5.41, 5.74) is 3.49. The molecule has 0 saturated carbocycles. The molecule has 1 N–H and O–H groups in total. The second-order valence-corrected chi connectivity index (χ2v) is 4.73. The van der Waals surface area contributed by atoms with Crippen molar-refractivity contribution in [3.63, 3.8) is 0 Å². The van der Waals surface area contributed by atoms with E-state index < -0.39 is 6.10 Å². The van der Waals surface area contributed by atoms with Crippen LogP contribution in [-0.2, 0) is 12.8 Å². The minimum absolute atomic E-state index is 0.325. The molecule has 0 bridgehead atoms. The van der Waals surface area contributed by atoms with Gasteiger partial charge in [-0.1, -0.05) is 19.1 Å². The maximum absolute atomic E-state index is 13.2. The Morgan fingerprint density at radius 2 is 2.05 bits per heavy atom. The predicted molar refractivity (Wildman–Crippen MR) is 73.4 cm³/mol. The Labute approximate surface area is 112 Å². The van der Waals surface area contributed by atoms with E-state index in [-0.39, 0.29) is 5.82 Å². The molecule has 100 valence electrons. The molecule has 0 fully saturated rings. The summed E-state index contributed by atoms with van der Waals surface area (Å²) in [5, 5.41) is 10.2. The number of aryl methyl sites for hydroxylation is 2. The minimum atomic E-state index is -0.726. The van der Waals surface area contributed by atoms with E-state index in [1.165, 1.54) is 17.7 Å². The van der Waals surface area contributed by atoms with Crippen LogP contribution in [0, 0.1) is 12.7 Å². The summed E-state index contributed by atoms with van der Waals surface area (Å²) in [5.74, 6) is -0.325. The van der Waals surface area contributed by atoms with E-state index >= 15 is 0 Å². The number of hydrogen-bond acceptors (Lipinski definition) is 2. The minimum Gasteiger partial charge on any atom is -0.388 e. The fourth-order valence-electron chi connectivity index (χ4n) is 2.06. The molecule has 0 radical (unpaired) electrons. The van der Waals surface area contributed by atoms with Crippen molar-refractivity contribution in [2.45, 2.75) is 32.8 Å². The highest BCUT2D eigenvalue weighted by Gasteiger charge is 2.13. The number of benzene rings is 1. The van der Waals surface area contributed by atoms with Gasteiger partial charge >= 0.3 is 0 Å². The molecule has 0 spiro atoms. The monoisotopic (exact) mass is 259 g/mol. The van der Waals surface area contributed by atoms with Gasteiger partial charge in [0, 0.05) is 18.3 Å². The molecular formula is C16H18FNO. The highest BCUT2D eigenvalue weighted by Crippen LogP contribution is 2.22. The molecule has 0 aliphatic carbocycles. The van der Waals surface area contributed by atoms with Gasteiger partial charge in [-0.05, 0) is 48.2 Å². The van der Waals surface area contributed by atoms with Gasteiger partial charge in [-0.15, -0.1) is 0 Å². The molecule has 19 heavy (non-hydrogen) atoms. The lowest BCUT2D eigenvalue weighted by molar-refractivity contribution is 0.176. The zero-order valence-corrected chi connectivity index (χ0v) is 11.2. The molecule has 1 aromatic heterocycles. The standard InChI is InChI=1S/C16H18FNO/c1-3-12-5-7-14(18-10-12)9-16(19)15-8-13(17)6-4-11(15)2/h4-8,10,16,19H,3,9H2,1-2H3. The number of rotatable bonds is 4. The summed E-state index contributed by atoms with van der Waals surface area (Å²) in [4.78, 5) is 4.31. The number of aliphatic hydroxyl groups excluding tert-OH is 1. The zero-order chi connectivity index (χ0) is 13.8. The van der Waals surface area contributed by atoms with Gasteiger partial charge < -0.3 is 5.11 Å². The number of nitrogens with zero attached hydrogens (tertiary/aromatic N) is 1. The Hall–Kier alpha value is -1.74. The van der Waals surface area contributed by atoms with E-state index in [4.69, 9.17) is 0 Å². The summed E-state index contributed by atoms with van der Waals surface area (Å²) >= 11 is 0. The Morgan fingerprint density at radius 3 is 2.68 bits per heavy atom. The molecule has 1 heterocycles. The number of aliphatic hydroxyl groups is 1. The van der Waals surface area contributed by atoms with Crippen molar-refractivity contribution in [3.05, 3.63) is 64.7 Å². The summed E-state index contributed by atoms with van der Waals surface area (Å²) in [6.45, 7) is 3.94. The van der Waals surface area contributed by atoms with Gasteiger partial charge in [0.1, 0.15) is 5.82 Å². The van der Waals surface area contributed by atoms with Crippen LogP contribution in [0.2, 0.25) is 0 Å². The van der Waals surface area contributed by atoms with Gasteiger partial charge in [0.25, 0.3) is 0 Å². The van der Waals surface area contributed by atoms with Crippen LogP contribution < -0.4 is 0 Å². The molecule has 2 aromatic rings. The second kappa shape index (κ2) is 5.93. The molecule has 0 aliphatic rings. The summed E-state index contributed by atoms with van der Waals surface area (Å²) in [7, 11) is 0. The maximum atomic E-state index is 13.2. The van der Waals surface area contributed by atoms with Crippen molar-refractivity contribution < 1.29 is 9.50 Å². The Kier molecular flexibility index (Phi) is 4.27. The van der Waals surface area contributed by atoms with Crippen molar-refractivity contribution in [2.24, 2.45) is 0 Å². The van der Waals surface area contributed by atoms with E-state index in [0.29, 0.717) is 12.0 Å². The van der Waals surface area contributed by atoms with Crippen LogP contribution in [0.5, 0.6) is 0 Å². The second-order valence-electron chi connectivity index (χ2n) is 4.73. The molecule has 1 unspecified atom stereocenters. The van der Waals surface area contributed by atoms with Crippen LogP contribution >= 0.6 is 0 Å². The van der Waals surface area contributed by atoms with E-state index in [2.05, 4.69) is 11.9 Å². The molecule has 2 rings (SSSR count). The lowest BCUT2D eigenvalue weighted by Gasteiger charge is -2.13. The van der Waals surface area contributed by atoms with Gasteiger partial charge in [0.05, 0.1) is 6.10 Å². The van der Waals surface area contributed by atoms with E-state index in [9.17, 15) is 9.50 Å². The van der Waals surface area contributed by atoms with Crippen molar-refractivity contribution in [1.29, 1.82) is 0 Å². The summed E-state index contributed by atoms with van der Waals surface area (Å²) in [6.07, 6.45) is 2.43. The first-order valence-electron chi connectivity index (χ1n) is 6.48. The van der Waals surface area contributed by atoms with Crippen LogP contribution in [0.15, 0.2) is 36.5 Å². The Morgan fingerprint density at radius 1 is 1.26 bits per heavy atom. The van der Waals surface area contributed by atoms with Gasteiger partial charge in [0.2, 0.25) is 0 Å². The number of halogens is 1. The van der Waals surface area contributed by atoms with E-state index in [1.54, 1.807) is 6.07 Å². The topological polar surface area (TPSA) is 33.1 Å². The smallest absolute Gasteiger partial charge is 0.123 e. The highest BCUT2D eigenvalue weighted by molar-refractivity contribution is 5.29. The van der Waals surface area contributed by atoms with Gasteiger partial charge in [0.15, 0.2) is 0 Å². The highest BCUT2D eigenvalue weighted by atomic mass is 19.1. The third-order valence-electron chi connectivity index (χ3n) is 3.30. The summed E-state index contributed by atoms with van der Waals surface area (Å²) < 4.78 is 13.2. The Bertz CT molecular complexity index is 551. The zero-order valence-electron chi connectivity index (χ0n) is 11.2. The predicted octanol–water partition coefficient (Wildman–Crippen LogP) is 3.37. The first-order chi connectivity index (χ1) is 9.10. The fraction of sp³-hybridized carbons (Fsp3) is 0.312. The number of hydrogen-bond donors (Lipinski definition) is 1. The van der Waals surface area contributed by atoms with Gasteiger partial charge in [-0.3, -0.25) is 4.98 Å². The third-order valence-corrected chi connectivity index (χ3v) is 3.30. The quantitative estimate of drug-likeness (QED) is 0.913. The normalized spacial score (nSPS) is 12.4. The van der Waals surface area contributed by atoms with Gasteiger partial charge in [-0.25, -0.2) is 4.39 Å². The lowest BCUT2D eigenvalue weighted by Crippen LogP contribution is -2.06. The van der Waals surface area contributed by atoms with E-state index in [1.807, 2.05) is 25.3 Å². The van der Waals surface area contributed by atoms with Crippen LogP contribution in [0.1, 0.15) is 35.4 Å². The number of pyridine rings is 1. The van der Waals surface area contributed by atoms with Crippen LogP contribution in [0.3, 0.4) is 0 Å². The molecular weight excluding hydrogens is 241 g/mol. The van der Waals surface area contributed by atoms with Gasteiger partial charge in [-0.2, -0.15) is 0 Å². The van der Waals surface area contributed by atoms with Crippen molar-refractivity contribution in [3.8, 4) is 0 Å². The fourth-order valence-corrected chi connectivity index (χ4v) is 2.06. The molecule has 0 aliphatic heterocycles. The van der Waals surface area contributed by atoms with Crippen LogP contribution in [-0.4, -0.2) is 10.1 Å². The van der Waals surface area contributed by atoms with Crippen molar-refractivity contribution in [1.82, 2.24) is 4.98 Å². The van der Waals surface area contributed by atoms with Crippen molar-refractivity contribution >= 4 is 0 Å². The number of aromatic nitrogens is 1. The molecule has 0 amide bonds. The van der Waals surface area contributed by atoms with Crippen LogP contribution in [0.25, 0.3) is 0 Å². The van der Waals surface area contributed by atoms with Crippen LogP contribution in [0.4, 0.5) is 4.39 Å². The SMILES string of the molecule is CCc1ccc(CC(O)c2cc(F)ccc2C)nc1. The first-order valence-corrected chi connectivity index (χ1v) is 6.48. The molecule has 0 saturated heterocycles. The molecule has 3 heteroatoms. The third kappa shape index (κ3) is 3.38. The first kappa shape index (κ1) is 13.7. The average Bonchev–Trinajstić information content (AvgIpc) is 2.42. The summed E-state index contributed by atoms with van der Waals surface area (Å²) in [6, 6.07) is 8.39. The molecule has 2 nitrogen and oxygen atoms in total. The van der Waals surface area contributed by atoms with E-state index in [0.717, 1.165) is 17.7 Å². The van der Waals surface area contributed by atoms with Crippen molar-refractivity contribution in [2.75, 3.05) is 0 Å². The Balaban J connectivity index is 2.15. The largest absolute Gasteiger partial charge is 0.388 e. The molecule has 1 aromatic carbocycles. The molecule has 1 atom stereocenters. The maximum Gasteiger partial charge on any atom is 0.123 e. The average molecular weight is 259 g/mol. The lowest BCUT2D eigenvalue weighted by atomic mass is 9.99.